The van der Waals surface area contributed by atoms with E-state index >= 15 is 0 Å². The molecule has 0 saturated carbocycles. The molecule has 0 aliphatic carbocycles. The van der Waals surface area contributed by atoms with Crippen LogP contribution in [0, 0.1) is 0 Å². The molecule has 1 unspecified atom stereocenters. The van der Waals surface area contributed by atoms with E-state index in [0.29, 0.717) is 10.6 Å². The molecule has 0 spiro atoms. The van der Waals surface area contributed by atoms with Gasteiger partial charge in [0.05, 0.1) is 11.8 Å². The van der Waals surface area contributed by atoms with Crippen LogP contribution in [0.25, 0.3) is 0 Å². The topological polar surface area (TPSA) is 29.9 Å². The SMILES string of the molecule is CC(NCc1cc(C(F)(F)F)ccc1Cl)c1cnn(C)c1. The predicted octanol–water partition coefficient (Wildman–Crippen LogP) is 3.94. The number of nitrogens with zero attached hydrogens (tertiary/aromatic N) is 2. The Morgan fingerprint density at radius 3 is 2.67 bits per heavy atom. The van der Waals surface area contributed by atoms with E-state index in [9.17, 15) is 13.2 Å². The van der Waals surface area contributed by atoms with E-state index in [-0.39, 0.29) is 12.6 Å². The van der Waals surface area contributed by atoms with Crippen molar-refractivity contribution >= 4 is 11.6 Å². The summed E-state index contributed by atoms with van der Waals surface area (Å²) in [6.07, 6.45) is -0.800. The summed E-state index contributed by atoms with van der Waals surface area (Å²) in [4.78, 5) is 0. The summed E-state index contributed by atoms with van der Waals surface area (Å²) in [5, 5.41) is 7.52. The Labute approximate surface area is 125 Å². The van der Waals surface area contributed by atoms with Crippen LogP contribution < -0.4 is 5.32 Å². The van der Waals surface area contributed by atoms with E-state index in [1.807, 2.05) is 13.1 Å². The minimum absolute atomic E-state index is 0.0377. The zero-order valence-corrected chi connectivity index (χ0v) is 12.3. The van der Waals surface area contributed by atoms with Crippen molar-refractivity contribution in [2.45, 2.75) is 25.7 Å². The molecule has 3 nitrogen and oxygen atoms in total. The van der Waals surface area contributed by atoms with Crippen LogP contribution in [0.3, 0.4) is 0 Å². The van der Waals surface area contributed by atoms with E-state index in [4.69, 9.17) is 11.6 Å². The van der Waals surface area contributed by atoms with Gasteiger partial charge in [0.1, 0.15) is 0 Å². The van der Waals surface area contributed by atoms with Gasteiger partial charge in [-0.1, -0.05) is 11.6 Å². The van der Waals surface area contributed by atoms with E-state index in [2.05, 4.69) is 10.4 Å². The molecule has 1 aromatic heterocycles. The molecule has 1 heterocycles. The predicted molar refractivity (Wildman–Crippen MR) is 74.9 cm³/mol. The first kappa shape index (κ1) is 15.9. The number of hydrogen-bond acceptors (Lipinski definition) is 2. The van der Waals surface area contributed by atoms with E-state index in [1.165, 1.54) is 6.07 Å². The Balaban J connectivity index is 2.09. The molecule has 0 amide bonds. The van der Waals surface area contributed by atoms with Crippen LogP contribution >= 0.6 is 11.6 Å². The van der Waals surface area contributed by atoms with Crippen molar-refractivity contribution in [2.24, 2.45) is 7.05 Å². The third-order valence-electron chi connectivity index (χ3n) is 3.20. The Morgan fingerprint density at radius 1 is 1.38 bits per heavy atom. The molecule has 1 atom stereocenters. The molecular formula is C14H15ClF3N3. The van der Waals surface area contributed by atoms with Crippen molar-refractivity contribution in [1.82, 2.24) is 15.1 Å². The molecule has 0 fully saturated rings. The summed E-state index contributed by atoms with van der Waals surface area (Å²) in [7, 11) is 1.81. The first-order valence-corrected chi connectivity index (χ1v) is 6.72. The van der Waals surface area contributed by atoms with Gasteiger partial charge in [-0.3, -0.25) is 4.68 Å². The quantitative estimate of drug-likeness (QED) is 0.925. The Hall–Kier alpha value is -1.53. The van der Waals surface area contributed by atoms with E-state index < -0.39 is 11.7 Å². The third kappa shape index (κ3) is 3.98. The molecule has 114 valence electrons. The van der Waals surface area contributed by atoms with Crippen molar-refractivity contribution in [1.29, 1.82) is 0 Å². The summed E-state index contributed by atoms with van der Waals surface area (Å²) >= 11 is 5.96. The Bertz CT molecular complexity index is 622. The summed E-state index contributed by atoms with van der Waals surface area (Å²) < 4.78 is 39.7. The lowest BCUT2D eigenvalue weighted by Gasteiger charge is -2.14. The molecule has 1 aromatic carbocycles. The Kier molecular flexibility index (Phi) is 4.58. The van der Waals surface area contributed by atoms with Crippen molar-refractivity contribution in [3.63, 3.8) is 0 Å². The highest BCUT2D eigenvalue weighted by molar-refractivity contribution is 6.31. The van der Waals surface area contributed by atoms with Gasteiger partial charge in [0, 0.05) is 36.4 Å². The number of hydrogen-bond donors (Lipinski definition) is 1. The standard InChI is InChI=1S/C14H15ClF3N3/c1-9(11-7-20-21(2)8-11)19-6-10-5-12(14(16,17)18)3-4-13(10)15/h3-5,7-9,19H,6H2,1-2H3. The summed E-state index contributed by atoms with van der Waals surface area (Å²) in [6.45, 7) is 2.16. The number of aromatic nitrogens is 2. The molecule has 0 bridgehead atoms. The van der Waals surface area contributed by atoms with Gasteiger partial charge in [0.15, 0.2) is 0 Å². The van der Waals surface area contributed by atoms with Crippen molar-refractivity contribution in [3.8, 4) is 0 Å². The fourth-order valence-corrected chi connectivity index (χ4v) is 2.12. The van der Waals surface area contributed by atoms with Crippen molar-refractivity contribution < 1.29 is 13.2 Å². The van der Waals surface area contributed by atoms with Crippen LogP contribution in [0.4, 0.5) is 13.2 Å². The second-order valence-corrected chi connectivity index (χ2v) is 5.26. The molecule has 2 rings (SSSR count). The first-order valence-electron chi connectivity index (χ1n) is 6.35. The fraction of sp³-hybridized carbons (Fsp3) is 0.357. The average molecular weight is 318 g/mol. The lowest BCUT2D eigenvalue weighted by atomic mass is 10.1. The highest BCUT2D eigenvalue weighted by Crippen LogP contribution is 2.31. The number of aryl methyl sites for hydroxylation is 1. The number of alkyl halides is 3. The zero-order chi connectivity index (χ0) is 15.6. The second kappa shape index (κ2) is 6.07. The normalized spacial score (nSPS) is 13.4. The highest BCUT2D eigenvalue weighted by atomic mass is 35.5. The monoisotopic (exact) mass is 317 g/mol. The van der Waals surface area contributed by atoms with Gasteiger partial charge in [-0.15, -0.1) is 0 Å². The minimum atomic E-state index is -4.37. The summed E-state index contributed by atoms with van der Waals surface area (Å²) in [5.41, 5.74) is 0.681. The van der Waals surface area contributed by atoms with Crippen LogP contribution in [-0.4, -0.2) is 9.78 Å². The maximum atomic E-state index is 12.7. The van der Waals surface area contributed by atoms with Gasteiger partial charge in [-0.2, -0.15) is 18.3 Å². The summed E-state index contributed by atoms with van der Waals surface area (Å²) in [5.74, 6) is 0. The van der Waals surface area contributed by atoms with Crippen LogP contribution in [0.5, 0.6) is 0 Å². The van der Waals surface area contributed by atoms with Gasteiger partial charge in [0.2, 0.25) is 0 Å². The maximum Gasteiger partial charge on any atom is 0.416 e. The van der Waals surface area contributed by atoms with E-state index in [1.54, 1.807) is 17.9 Å². The third-order valence-corrected chi connectivity index (χ3v) is 3.57. The first-order chi connectivity index (χ1) is 9.77. The summed E-state index contributed by atoms with van der Waals surface area (Å²) in [6, 6.07) is 3.29. The van der Waals surface area contributed by atoms with Gasteiger partial charge >= 0.3 is 6.18 Å². The minimum Gasteiger partial charge on any atom is -0.306 e. The lowest BCUT2D eigenvalue weighted by Crippen LogP contribution is -2.18. The molecule has 0 radical (unpaired) electrons. The van der Waals surface area contributed by atoms with E-state index in [0.717, 1.165) is 17.7 Å². The van der Waals surface area contributed by atoms with Crippen LogP contribution in [0.1, 0.15) is 29.7 Å². The van der Waals surface area contributed by atoms with Gasteiger partial charge in [0.25, 0.3) is 0 Å². The van der Waals surface area contributed by atoms with Crippen molar-refractivity contribution in [2.75, 3.05) is 0 Å². The zero-order valence-electron chi connectivity index (χ0n) is 11.6. The molecule has 1 N–H and O–H groups in total. The number of halogens is 4. The Morgan fingerprint density at radius 2 is 2.10 bits per heavy atom. The largest absolute Gasteiger partial charge is 0.416 e. The van der Waals surface area contributed by atoms with Crippen LogP contribution in [0.15, 0.2) is 30.6 Å². The number of nitrogens with one attached hydrogen (secondary N) is 1. The van der Waals surface area contributed by atoms with Crippen LogP contribution in [-0.2, 0) is 19.8 Å². The molecule has 0 aliphatic rings. The van der Waals surface area contributed by atoms with Crippen molar-refractivity contribution in [3.05, 3.63) is 52.3 Å². The molecule has 0 saturated heterocycles. The molecule has 0 aliphatic heterocycles. The highest BCUT2D eigenvalue weighted by Gasteiger charge is 2.30. The molecule has 7 heteroatoms. The molecular weight excluding hydrogens is 303 g/mol. The average Bonchev–Trinajstić information content (AvgIpc) is 2.83. The maximum absolute atomic E-state index is 12.7. The van der Waals surface area contributed by atoms with Gasteiger partial charge in [-0.25, -0.2) is 0 Å². The van der Waals surface area contributed by atoms with Gasteiger partial charge < -0.3 is 5.32 Å². The molecule has 21 heavy (non-hydrogen) atoms. The van der Waals surface area contributed by atoms with Crippen LogP contribution in [0.2, 0.25) is 5.02 Å². The number of rotatable bonds is 4. The lowest BCUT2D eigenvalue weighted by molar-refractivity contribution is -0.137. The number of benzene rings is 1. The second-order valence-electron chi connectivity index (χ2n) is 4.85. The fourth-order valence-electron chi connectivity index (χ4n) is 1.93. The smallest absolute Gasteiger partial charge is 0.306 e. The molecule has 2 aromatic rings. The van der Waals surface area contributed by atoms with Gasteiger partial charge in [-0.05, 0) is 30.7 Å².